The molecule has 0 bridgehead atoms. The normalized spacial score (nSPS) is 11.6. The number of nitrogen functional groups attached to an aromatic ring is 1. The van der Waals surface area contributed by atoms with E-state index in [0.29, 0.717) is 0 Å². The molecule has 96 valence electrons. The zero-order valence-electron chi connectivity index (χ0n) is 8.65. The van der Waals surface area contributed by atoms with Gasteiger partial charge in [0, 0.05) is 12.5 Å². The zero-order chi connectivity index (χ0) is 13.1. The molecule has 0 amide bonds. The highest BCUT2D eigenvalue weighted by Gasteiger charge is 2.26. The molecule has 1 aromatic rings. The fourth-order valence-corrected chi connectivity index (χ4v) is 1.45. The van der Waals surface area contributed by atoms with Crippen molar-refractivity contribution in [2.75, 3.05) is 12.3 Å². The molecule has 1 aromatic carbocycles. The Labute approximate surface area is 106 Å². The van der Waals surface area contributed by atoms with E-state index in [4.69, 9.17) is 33.7 Å². The van der Waals surface area contributed by atoms with Crippen LogP contribution in [0.25, 0.3) is 0 Å². The van der Waals surface area contributed by atoms with Gasteiger partial charge in [-0.1, -0.05) is 23.2 Å². The first-order chi connectivity index (χ1) is 7.79. The van der Waals surface area contributed by atoms with Gasteiger partial charge >= 0.3 is 6.18 Å². The second kappa shape index (κ2) is 5.69. The van der Waals surface area contributed by atoms with E-state index < -0.39 is 12.6 Å². The second-order valence-corrected chi connectivity index (χ2v) is 4.19. The molecule has 0 spiro atoms. The van der Waals surface area contributed by atoms with Crippen molar-refractivity contribution >= 4 is 28.9 Å². The highest BCUT2D eigenvalue weighted by Crippen LogP contribution is 2.32. The fourth-order valence-electron chi connectivity index (χ4n) is 1.12. The van der Waals surface area contributed by atoms with Crippen molar-refractivity contribution in [3.05, 3.63) is 22.2 Å². The van der Waals surface area contributed by atoms with Gasteiger partial charge in [0.1, 0.15) is 5.75 Å². The van der Waals surface area contributed by atoms with Gasteiger partial charge < -0.3 is 10.5 Å². The highest BCUT2D eigenvalue weighted by atomic mass is 35.5. The van der Waals surface area contributed by atoms with Crippen molar-refractivity contribution < 1.29 is 17.9 Å². The van der Waals surface area contributed by atoms with Crippen molar-refractivity contribution in [2.24, 2.45) is 0 Å². The first-order valence-corrected chi connectivity index (χ1v) is 5.49. The first-order valence-electron chi connectivity index (χ1n) is 4.73. The summed E-state index contributed by atoms with van der Waals surface area (Å²) in [6.45, 7) is -0.0817. The van der Waals surface area contributed by atoms with Crippen molar-refractivity contribution in [3.8, 4) is 5.75 Å². The number of hydrogen-bond donors (Lipinski definition) is 1. The Balaban J connectivity index is 2.50. The van der Waals surface area contributed by atoms with Crippen LogP contribution in [-0.4, -0.2) is 12.8 Å². The topological polar surface area (TPSA) is 35.2 Å². The Morgan fingerprint density at radius 2 is 1.76 bits per heavy atom. The minimum atomic E-state index is -4.17. The van der Waals surface area contributed by atoms with Crippen LogP contribution in [0.5, 0.6) is 5.75 Å². The molecule has 17 heavy (non-hydrogen) atoms. The number of alkyl halides is 3. The standard InChI is InChI=1S/C10H10Cl2F3NO/c11-6-4-8(16)9(5-7(6)12)17-3-1-2-10(13,14)15/h4-5H,1-3,16H2. The lowest BCUT2D eigenvalue weighted by Gasteiger charge is -2.11. The molecule has 0 aliphatic carbocycles. The Bertz CT molecular complexity index is 396. The SMILES string of the molecule is Nc1cc(Cl)c(Cl)cc1OCCCC(F)(F)F. The zero-order valence-corrected chi connectivity index (χ0v) is 10.2. The summed E-state index contributed by atoms with van der Waals surface area (Å²) in [4.78, 5) is 0. The molecular weight excluding hydrogens is 278 g/mol. The molecule has 0 fully saturated rings. The number of benzene rings is 1. The number of rotatable bonds is 4. The predicted molar refractivity (Wildman–Crippen MR) is 61.7 cm³/mol. The van der Waals surface area contributed by atoms with E-state index in [9.17, 15) is 13.2 Å². The van der Waals surface area contributed by atoms with Gasteiger partial charge in [0.15, 0.2) is 0 Å². The molecule has 2 N–H and O–H groups in total. The molecule has 0 radical (unpaired) electrons. The lowest BCUT2D eigenvalue weighted by molar-refractivity contribution is -0.136. The average Bonchev–Trinajstić information content (AvgIpc) is 2.18. The third-order valence-corrected chi connectivity index (χ3v) is 2.64. The van der Waals surface area contributed by atoms with E-state index in [1.54, 1.807) is 0 Å². The summed E-state index contributed by atoms with van der Waals surface area (Å²) < 4.78 is 40.7. The minimum absolute atomic E-state index is 0.0817. The monoisotopic (exact) mass is 287 g/mol. The van der Waals surface area contributed by atoms with Crippen molar-refractivity contribution in [1.29, 1.82) is 0 Å². The maximum Gasteiger partial charge on any atom is 0.389 e. The number of ether oxygens (including phenoxy) is 1. The fraction of sp³-hybridized carbons (Fsp3) is 0.400. The van der Waals surface area contributed by atoms with E-state index in [-0.39, 0.29) is 34.5 Å². The van der Waals surface area contributed by atoms with E-state index in [2.05, 4.69) is 0 Å². The minimum Gasteiger partial charge on any atom is -0.491 e. The molecule has 0 aliphatic rings. The van der Waals surface area contributed by atoms with Gasteiger partial charge in [-0.15, -0.1) is 0 Å². The summed E-state index contributed by atoms with van der Waals surface area (Å²) >= 11 is 11.4. The maximum atomic E-state index is 11.9. The third-order valence-electron chi connectivity index (χ3n) is 1.91. The van der Waals surface area contributed by atoms with Gasteiger partial charge in [0.25, 0.3) is 0 Å². The molecule has 0 saturated heterocycles. The molecule has 0 heterocycles. The van der Waals surface area contributed by atoms with Crippen LogP contribution in [-0.2, 0) is 0 Å². The molecule has 2 nitrogen and oxygen atoms in total. The highest BCUT2D eigenvalue weighted by molar-refractivity contribution is 6.42. The van der Waals surface area contributed by atoms with Gasteiger partial charge in [0.2, 0.25) is 0 Å². The van der Waals surface area contributed by atoms with Crippen LogP contribution in [0.1, 0.15) is 12.8 Å². The lowest BCUT2D eigenvalue weighted by atomic mass is 10.3. The smallest absolute Gasteiger partial charge is 0.389 e. The number of halogens is 5. The summed E-state index contributed by atoms with van der Waals surface area (Å²) in [7, 11) is 0. The van der Waals surface area contributed by atoms with Crippen LogP contribution in [0.3, 0.4) is 0 Å². The van der Waals surface area contributed by atoms with E-state index in [1.807, 2.05) is 0 Å². The van der Waals surface area contributed by atoms with Gasteiger partial charge in [-0.2, -0.15) is 13.2 Å². The van der Waals surface area contributed by atoms with Crippen LogP contribution < -0.4 is 10.5 Å². The Morgan fingerprint density at radius 3 is 2.35 bits per heavy atom. The molecule has 1 rings (SSSR count). The second-order valence-electron chi connectivity index (χ2n) is 3.37. The molecule has 0 aromatic heterocycles. The van der Waals surface area contributed by atoms with Crippen LogP contribution >= 0.6 is 23.2 Å². The molecule has 0 saturated carbocycles. The van der Waals surface area contributed by atoms with Crippen molar-refractivity contribution in [2.45, 2.75) is 19.0 Å². The van der Waals surface area contributed by atoms with E-state index in [0.717, 1.165) is 0 Å². The summed E-state index contributed by atoms with van der Waals surface area (Å²) in [6, 6.07) is 2.77. The van der Waals surface area contributed by atoms with E-state index >= 15 is 0 Å². The summed E-state index contributed by atoms with van der Waals surface area (Å²) in [5.74, 6) is 0.238. The summed E-state index contributed by atoms with van der Waals surface area (Å²) in [6.07, 6.45) is -5.20. The van der Waals surface area contributed by atoms with Gasteiger partial charge in [0.05, 0.1) is 22.3 Å². The van der Waals surface area contributed by atoms with Crippen molar-refractivity contribution in [1.82, 2.24) is 0 Å². The number of hydrogen-bond acceptors (Lipinski definition) is 2. The van der Waals surface area contributed by atoms with Gasteiger partial charge in [-0.3, -0.25) is 0 Å². The Kier molecular flexibility index (Phi) is 4.77. The van der Waals surface area contributed by atoms with Crippen LogP contribution in [0.2, 0.25) is 10.0 Å². The van der Waals surface area contributed by atoms with Crippen LogP contribution in [0, 0.1) is 0 Å². The maximum absolute atomic E-state index is 11.9. The summed E-state index contributed by atoms with van der Waals surface area (Å²) in [5, 5.41) is 0.512. The van der Waals surface area contributed by atoms with Crippen LogP contribution in [0.15, 0.2) is 12.1 Å². The van der Waals surface area contributed by atoms with Crippen LogP contribution in [0.4, 0.5) is 18.9 Å². The number of anilines is 1. The average molecular weight is 288 g/mol. The largest absolute Gasteiger partial charge is 0.491 e. The van der Waals surface area contributed by atoms with Gasteiger partial charge in [-0.05, 0) is 12.5 Å². The molecule has 0 aliphatic heterocycles. The lowest BCUT2D eigenvalue weighted by Crippen LogP contribution is -2.10. The van der Waals surface area contributed by atoms with Crippen molar-refractivity contribution in [3.63, 3.8) is 0 Å². The molecular formula is C10H10Cl2F3NO. The molecule has 0 unspecified atom stereocenters. The van der Waals surface area contributed by atoms with E-state index in [1.165, 1.54) is 12.1 Å². The predicted octanol–water partition coefficient (Wildman–Crippen LogP) is 4.30. The number of nitrogens with two attached hydrogens (primary N) is 1. The Morgan fingerprint density at radius 1 is 1.18 bits per heavy atom. The molecule has 0 atom stereocenters. The third kappa shape index (κ3) is 4.91. The van der Waals surface area contributed by atoms with Gasteiger partial charge in [-0.25, -0.2) is 0 Å². The summed E-state index contributed by atoms with van der Waals surface area (Å²) in [5.41, 5.74) is 5.81. The Hall–Kier alpha value is -0.810. The first kappa shape index (κ1) is 14.3. The quantitative estimate of drug-likeness (QED) is 0.662. The molecule has 7 heteroatoms.